The molecule has 0 spiro atoms. The Morgan fingerprint density at radius 1 is 1.00 bits per heavy atom. The molecule has 1 saturated heterocycles. The molecule has 0 bridgehead atoms. The van der Waals surface area contributed by atoms with Crippen LogP contribution in [0.25, 0.3) is 0 Å². The number of aryl methyl sites for hydroxylation is 2. The quantitative estimate of drug-likeness (QED) is 0.709. The van der Waals surface area contributed by atoms with Crippen LogP contribution >= 0.6 is 0 Å². The van der Waals surface area contributed by atoms with Crippen LogP contribution in [0.2, 0.25) is 0 Å². The molecule has 0 amide bonds. The summed E-state index contributed by atoms with van der Waals surface area (Å²) >= 11 is 0.597. The number of anilines is 1. The number of fused-ring (bicyclic) bond motifs is 1. The van der Waals surface area contributed by atoms with E-state index in [9.17, 15) is 0 Å². The molecule has 2 aliphatic rings. The summed E-state index contributed by atoms with van der Waals surface area (Å²) in [4.78, 5) is 7.37. The zero-order valence-electron chi connectivity index (χ0n) is 8.46. The molecule has 0 aromatic carbocycles. The fourth-order valence-electron chi connectivity index (χ4n) is 2.38. The van der Waals surface area contributed by atoms with Gasteiger partial charge in [0.2, 0.25) is 0 Å². The predicted molar refractivity (Wildman–Crippen MR) is 59.3 cm³/mol. The van der Waals surface area contributed by atoms with Gasteiger partial charge in [0.05, 0.1) is 0 Å². The second kappa shape index (κ2) is 3.71. The topological polar surface area (TPSA) is 16.1 Å². The Bertz CT molecular complexity index is 303. The van der Waals surface area contributed by atoms with Crippen LogP contribution in [0.4, 0.5) is 4.69 Å². The first kappa shape index (κ1) is 8.99. The van der Waals surface area contributed by atoms with Gasteiger partial charge in [0.15, 0.2) is 0 Å². The first-order valence-electron chi connectivity index (χ1n) is 5.67. The fourth-order valence-corrected chi connectivity index (χ4v) is 4.90. The molecule has 0 saturated carbocycles. The minimum atomic E-state index is 0.597. The van der Waals surface area contributed by atoms with Crippen molar-refractivity contribution in [3.05, 3.63) is 10.1 Å². The van der Waals surface area contributed by atoms with Gasteiger partial charge >= 0.3 is 90.8 Å². The zero-order chi connectivity index (χ0) is 9.38. The maximum atomic E-state index is 4.84. The van der Waals surface area contributed by atoms with E-state index in [1.54, 1.807) is 4.44 Å². The Labute approximate surface area is 91.1 Å². The Kier molecular flexibility index (Phi) is 2.38. The molecular formula is C11H16N2Se. The third kappa shape index (κ3) is 1.53. The molecule has 0 radical (unpaired) electrons. The second-order valence-corrected chi connectivity index (χ2v) is 6.50. The molecule has 76 valence electrons. The van der Waals surface area contributed by atoms with Crippen LogP contribution in [0.3, 0.4) is 0 Å². The average Bonchev–Trinajstić information content (AvgIpc) is 2.86. The van der Waals surface area contributed by atoms with Crippen LogP contribution in [-0.4, -0.2) is 32.6 Å². The molecule has 2 nitrogen and oxygen atoms in total. The minimum absolute atomic E-state index is 0.597. The zero-order valence-corrected chi connectivity index (χ0v) is 10.2. The van der Waals surface area contributed by atoms with Crippen LogP contribution < -0.4 is 4.90 Å². The summed E-state index contributed by atoms with van der Waals surface area (Å²) in [5.41, 5.74) is 1.47. The van der Waals surface area contributed by atoms with E-state index in [-0.39, 0.29) is 0 Å². The Morgan fingerprint density at radius 2 is 1.79 bits per heavy atom. The van der Waals surface area contributed by atoms with E-state index >= 15 is 0 Å². The van der Waals surface area contributed by atoms with E-state index in [4.69, 9.17) is 4.98 Å². The summed E-state index contributed by atoms with van der Waals surface area (Å²) in [7, 11) is 0. The van der Waals surface area contributed by atoms with Crippen molar-refractivity contribution >= 4 is 19.2 Å². The van der Waals surface area contributed by atoms with Crippen LogP contribution in [0, 0.1) is 0 Å². The van der Waals surface area contributed by atoms with Gasteiger partial charge in [-0.3, -0.25) is 0 Å². The van der Waals surface area contributed by atoms with E-state index in [1.807, 2.05) is 0 Å². The number of hydrogen-bond donors (Lipinski definition) is 0. The molecule has 1 aromatic heterocycles. The summed E-state index contributed by atoms with van der Waals surface area (Å²) in [5, 5.41) is 0. The van der Waals surface area contributed by atoms with E-state index in [2.05, 4.69) is 4.90 Å². The first-order valence-corrected chi connectivity index (χ1v) is 7.38. The molecule has 14 heavy (non-hydrogen) atoms. The van der Waals surface area contributed by atoms with Crippen molar-refractivity contribution in [1.29, 1.82) is 0 Å². The summed E-state index contributed by atoms with van der Waals surface area (Å²) in [6, 6.07) is 0. The van der Waals surface area contributed by atoms with Gasteiger partial charge < -0.3 is 0 Å². The Balaban J connectivity index is 1.87. The van der Waals surface area contributed by atoms with Crippen LogP contribution in [0.15, 0.2) is 0 Å². The molecule has 2 heterocycles. The number of hydrogen-bond acceptors (Lipinski definition) is 2. The maximum absolute atomic E-state index is 4.84. The molecule has 1 fully saturated rings. The van der Waals surface area contributed by atoms with E-state index in [0.717, 1.165) is 0 Å². The summed E-state index contributed by atoms with van der Waals surface area (Å²) in [6.45, 7) is 2.53. The van der Waals surface area contributed by atoms with Crippen LogP contribution in [0.5, 0.6) is 0 Å². The van der Waals surface area contributed by atoms with Gasteiger partial charge in [-0.1, -0.05) is 0 Å². The monoisotopic (exact) mass is 256 g/mol. The molecule has 0 N–H and O–H groups in total. The standard InChI is InChI=1S/C11H16N2Se/c1-2-6-10-9(5-1)12-11(14-10)13-7-3-4-8-13/h1-8H2. The van der Waals surface area contributed by atoms with Crippen molar-refractivity contribution in [1.82, 2.24) is 4.98 Å². The summed E-state index contributed by atoms with van der Waals surface area (Å²) in [6.07, 6.45) is 8.12. The average molecular weight is 255 g/mol. The van der Waals surface area contributed by atoms with Crippen molar-refractivity contribution < 1.29 is 0 Å². The summed E-state index contributed by atoms with van der Waals surface area (Å²) in [5.74, 6) is 0. The SMILES string of the molecule is C1CCc2[se]c(N3CCCC3)nc2C1. The van der Waals surface area contributed by atoms with Crippen molar-refractivity contribution in [3.63, 3.8) is 0 Å². The predicted octanol–water partition coefficient (Wildman–Crippen LogP) is 1.62. The van der Waals surface area contributed by atoms with Crippen molar-refractivity contribution in [3.8, 4) is 0 Å². The number of aromatic nitrogens is 1. The Hall–Kier alpha value is -0.271. The molecule has 1 aromatic rings. The molecule has 3 rings (SSSR count). The van der Waals surface area contributed by atoms with Gasteiger partial charge in [0.1, 0.15) is 0 Å². The van der Waals surface area contributed by atoms with E-state index in [1.165, 1.54) is 62.0 Å². The molecule has 0 atom stereocenters. The third-order valence-corrected chi connectivity index (χ3v) is 5.77. The molecule has 0 unspecified atom stereocenters. The van der Waals surface area contributed by atoms with Gasteiger partial charge in [0, 0.05) is 0 Å². The van der Waals surface area contributed by atoms with Gasteiger partial charge in [-0.05, 0) is 0 Å². The number of nitrogens with zero attached hydrogens (tertiary/aromatic N) is 2. The fraction of sp³-hybridized carbons (Fsp3) is 0.727. The van der Waals surface area contributed by atoms with Crippen molar-refractivity contribution in [2.75, 3.05) is 18.0 Å². The van der Waals surface area contributed by atoms with Gasteiger partial charge in [0.25, 0.3) is 0 Å². The second-order valence-electron chi connectivity index (χ2n) is 4.27. The number of rotatable bonds is 1. The van der Waals surface area contributed by atoms with Gasteiger partial charge in [-0.2, -0.15) is 0 Å². The first-order chi connectivity index (χ1) is 6.93. The molecule has 3 heteroatoms. The molecule has 1 aliphatic heterocycles. The van der Waals surface area contributed by atoms with Gasteiger partial charge in [-0.25, -0.2) is 0 Å². The molecule has 1 aliphatic carbocycles. The van der Waals surface area contributed by atoms with Crippen LogP contribution in [0.1, 0.15) is 35.8 Å². The summed E-state index contributed by atoms with van der Waals surface area (Å²) < 4.78 is 3.16. The van der Waals surface area contributed by atoms with Crippen molar-refractivity contribution in [2.45, 2.75) is 38.5 Å². The van der Waals surface area contributed by atoms with E-state index in [0.29, 0.717) is 14.5 Å². The Morgan fingerprint density at radius 3 is 2.57 bits per heavy atom. The molecular weight excluding hydrogens is 239 g/mol. The third-order valence-electron chi connectivity index (χ3n) is 3.21. The van der Waals surface area contributed by atoms with Gasteiger partial charge in [-0.15, -0.1) is 0 Å². The van der Waals surface area contributed by atoms with E-state index < -0.39 is 0 Å². The van der Waals surface area contributed by atoms with Crippen molar-refractivity contribution in [2.24, 2.45) is 0 Å². The normalized spacial score (nSPS) is 21.3. The van der Waals surface area contributed by atoms with Crippen LogP contribution in [-0.2, 0) is 12.8 Å².